The molecule has 2 heterocycles. The van der Waals surface area contributed by atoms with Crippen LogP contribution in [-0.2, 0) is 7.05 Å². The Balaban J connectivity index is 2.14. The molecule has 0 radical (unpaired) electrons. The van der Waals surface area contributed by atoms with Crippen LogP contribution in [0.5, 0.6) is 0 Å². The summed E-state index contributed by atoms with van der Waals surface area (Å²) in [5.41, 5.74) is 3.55. The minimum atomic E-state index is 0.478. The Morgan fingerprint density at radius 1 is 1.45 bits per heavy atom. The number of aryl methyl sites for hydroxylation is 2. The number of aromatic nitrogens is 3. The number of pyridine rings is 1. The van der Waals surface area contributed by atoms with Crippen LogP contribution in [0.1, 0.15) is 36.9 Å². The lowest BCUT2D eigenvalue weighted by molar-refractivity contribution is 0.322. The van der Waals surface area contributed by atoms with Crippen LogP contribution in [0.15, 0.2) is 11.4 Å². The van der Waals surface area contributed by atoms with Gasteiger partial charge in [-0.1, -0.05) is 18.0 Å². The molecule has 1 aliphatic rings. The lowest BCUT2D eigenvalue weighted by Gasteiger charge is -2.16. The lowest BCUT2D eigenvalue weighted by atomic mass is 10.1. The topological polar surface area (TPSA) is 75.3 Å². The predicted molar refractivity (Wildman–Crippen MR) is 78.5 cm³/mol. The highest BCUT2D eigenvalue weighted by molar-refractivity contribution is 6.01. The van der Waals surface area contributed by atoms with Crippen molar-refractivity contribution in [3.63, 3.8) is 0 Å². The van der Waals surface area contributed by atoms with Crippen molar-refractivity contribution in [2.75, 3.05) is 5.32 Å². The highest BCUT2D eigenvalue weighted by Crippen LogP contribution is 2.31. The van der Waals surface area contributed by atoms with Gasteiger partial charge in [-0.3, -0.25) is 4.68 Å². The van der Waals surface area contributed by atoms with E-state index in [0.29, 0.717) is 6.04 Å². The fourth-order valence-electron chi connectivity index (χ4n) is 3.02. The third kappa shape index (κ3) is 2.11. The zero-order valence-corrected chi connectivity index (χ0v) is 11.8. The van der Waals surface area contributed by atoms with Gasteiger partial charge in [-0.2, -0.15) is 5.10 Å². The van der Waals surface area contributed by atoms with Crippen LogP contribution in [0, 0.1) is 6.92 Å². The van der Waals surface area contributed by atoms with Crippen LogP contribution in [0.2, 0.25) is 0 Å². The molecule has 1 fully saturated rings. The van der Waals surface area contributed by atoms with Crippen LogP contribution < -0.4 is 5.32 Å². The van der Waals surface area contributed by atoms with E-state index in [1.165, 1.54) is 31.9 Å². The van der Waals surface area contributed by atoms with Gasteiger partial charge in [0.15, 0.2) is 5.65 Å². The van der Waals surface area contributed by atoms with Crippen LogP contribution >= 0.6 is 0 Å². The van der Waals surface area contributed by atoms with E-state index < -0.39 is 0 Å². The van der Waals surface area contributed by atoms with E-state index in [4.69, 9.17) is 5.21 Å². The van der Waals surface area contributed by atoms with Gasteiger partial charge in [0, 0.05) is 24.8 Å². The maximum Gasteiger partial charge on any atom is 0.159 e. The van der Waals surface area contributed by atoms with Gasteiger partial charge in [-0.25, -0.2) is 4.98 Å². The van der Waals surface area contributed by atoms with Crippen LogP contribution in [0.4, 0.5) is 5.69 Å². The first-order valence-electron chi connectivity index (χ1n) is 6.97. The molecular weight excluding hydrogens is 254 g/mol. The molecular formula is C14H19N5O. The monoisotopic (exact) mass is 273 g/mol. The Kier molecular flexibility index (Phi) is 3.30. The van der Waals surface area contributed by atoms with E-state index in [0.717, 1.165) is 28.0 Å². The second kappa shape index (κ2) is 5.11. The van der Waals surface area contributed by atoms with E-state index in [1.807, 2.05) is 14.0 Å². The van der Waals surface area contributed by atoms with Gasteiger partial charge in [0.25, 0.3) is 0 Å². The molecule has 0 amide bonds. The molecule has 6 nitrogen and oxygen atoms in total. The number of oxime groups is 1. The number of hydrogen-bond acceptors (Lipinski definition) is 5. The Hall–Kier alpha value is -2.11. The third-order valence-electron chi connectivity index (χ3n) is 3.96. The molecule has 2 aromatic rings. The summed E-state index contributed by atoms with van der Waals surface area (Å²) < 4.78 is 1.78. The highest BCUT2D eigenvalue weighted by atomic mass is 16.4. The molecule has 0 spiro atoms. The summed E-state index contributed by atoms with van der Waals surface area (Å²) in [6, 6.07) is 0.478. The first-order valence-corrected chi connectivity index (χ1v) is 6.97. The summed E-state index contributed by atoms with van der Waals surface area (Å²) in [4.78, 5) is 4.41. The largest absolute Gasteiger partial charge is 0.411 e. The average molecular weight is 273 g/mol. The molecule has 106 valence electrons. The van der Waals surface area contributed by atoms with Crippen LogP contribution in [0.3, 0.4) is 0 Å². The molecule has 0 saturated heterocycles. The van der Waals surface area contributed by atoms with Crippen LogP contribution in [-0.4, -0.2) is 32.2 Å². The maximum absolute atomic E-state index is 8.84. The van der Waals surface area contributed by atoms with Crippen molar-refractivity contribution in [1.82, 2.24) is 14.8 Å². The first kappa shape index (κ1) is 12.9. The van der Waals surface area contributed by atoms with E-state index in [-0.39, 0.29) is 0 Å². The molecule has 1 saturated carbocycles. The second-order valence-corrected chi connectivity index (χ2v) is 5.37. The number of anilines is 1. The highest BCUT2D eigenvalue weighted by Gasteiger charge is 2.20. The van der Waals surface area contributed by atoms with E-state index in [9.17, 15) is 0 Å². The van der Waals surface area contributed by atoms with E-state index in [2.05, 4.69) is 20.6 Å². The van der Waals surface area contributed by atoms with Gasteiger partial charge in [0.05, 0.1) is 23.0 Å². The van der Waals surface area contributed by atoms with Gasteiger partial charge >= 0.3 is 0 Å². The molecule has 0 bridgehead atoms. The third-order valence-corrected chi connectivity index (χ3v) is 3.96. The van der Waals surface area contributed by atoms with Crippen molar-refractivity contribution >= 4 is 22.9 Å². The van der Waals surface area contributed by atoms with Crippen molar-refractivity contribution in [2.45, 2.75) is 38.6 Å². The summed E-state index contributed by atoms with van der Waals surface area (Å²) in [6.07, 6.45) is 8.04. The fourth-order valence-corrected chi connectivity index (χ4v) is 3.02. The minimum Gasteiger partial charge on any atom is -0.411 e. The summed E-state index contributed by atoms with van der Waals surface area (Å²) in [5, 5.41) is 21.0. The fraction of sp³-hybridized carbons (Fsp3) is 0.500. The molecule has 0 aliphatic heterocycles. The van der Waals surface area contributed by atoms with Gasteiger partial charge in [0.2, 0.25) is 0 Å². The molecule has 2 aromatic heterocycles. The Morgan fingerprint density at radius 2 is 2.20 bits per heavy atom. The molecule has 6 heteroatoms. The summed E-state index contributed by atoms with van der Waals surface area (Å²) in [7, 11) is 1.89. The maximum atomic E-state index is 8.84. The molecule has 3 rings (SSSR count). The zero-order chi connectivity index (χ0) is 14.1. The predicted octanol–water partition coefficient (Wildman–Crippen LogP) is 2.44. The van der Waals surface area contributed by atoms with Crippen molar-refractivity contribution in [3.05, 3.63) is 17.5 Å². The number of nitrogens with zero attached hydrogens (tertiary/aromatic N) is 4. The quantitative estimate of drug-likeness (QED) is 0.511. The zero-order valence-electron chi connectivity index (χ0n) is 11.8. The SMILES string of the molecule is Cc1nn(C)c2ncc(C=NO)c(NC3CCCC3)c12. The summed E-state index contributed by atoms with van der Waals surface area (Å²) in [6.45, 7) is 1.98. The van der Waals surface area contributed by atoms with E-state index >= 15 is 0 Å². The van der Waals surface area contributed by atoms with Crippen molar-refractivity contribution < 1.29 is 5.21 Å². The summed E-state index contributed by atoms with van der Waals surface area (Å²) >= 11 is 0. The van der Waals surface area contributed by atoms with Gasteiger partial charge in [0.1, 0.15) is 0 Å². The molecule has 0 unspecified atom stereocenters. The van der Waals surface area contributed by atoms with Crippen molar-refractivity contribution in [3.8, 4) is 0 Å². The van der Waals surface area contributed by atoms with Gasteiger partial charge in [-0.05, 0) is 19.8 Å². The van der Waals surface area contributed by atoms with Crippen molar-refractivity contribution in [1.29, 1.82) is 0 Å². The van der Waals surface area contributed by atoms with Gasteiger partial charge < -0.3 is 10.5 Å². The molecule has 0 aromatic carbocycles. The average Bonchev–Trinajstić information content (AvgIpc) is 3.02. The number of fused-ring (bicyclic) bond motifs is 1. The van der Waals surface area contributed by atoms with Crippen LogP contribution in [0.25, 0.3) is 11.0 Å². The molecule has 20 heavy (non-hydrogen) atoms. The summed E-state index contributed by atoms with van der Waals surface area (Å²) in [5.74, 6) is 0. The Bertz CT molecular complexity index is 655. The number of rotatable bonds is 3. The first-order chi connectivity index (χ1) is 9.70. The molecule has 2 N–H and O–H groups in total. The minimum absolute atomic E-state index is 0.478. The van der Waals surface area contributed by atoms with E-state index in [1.54, 1.807) is 10.9 Å². The number of hydrogen-bond donors (Lipinski definition) is 2. The Morgan fingerprint density at radius 3 is 2.90 bits per heavy atom. The standard InChI is InChI=1S/C14H19N5O/c1-9-12-13(17-11-5-3-4-6-11)10(8-16-20)7-15-14(12)19(2)18-9/h7-8,11,20H,3-6H2,1-2H3,(H,15,17). The lowest BCUT2D eigenvalue weighted by Crippen LogP contribution is -2.16. The second-order valence-electron chi connectivity index (χ2n) is 5.37. The van der Waals surface area contributed by atoms with Crippen molar-refractivity contribution in [2.24, 2.45) is 12.2 Å². The normalized spacial score (nSPS) is 16.5. The van der Waals surface area contributed by atoms with Gasteiger partial charge in [-0.15, -0.1) is 0 Å². The smallest absolute Gasteiger partial charge is 0.159 e. The molecule has 0 atom stereocenters. The Labute approximate surface area is 117 Å². The number of nitrogens with one attached hydrogen (secondary N) is 1. The molecule has 1 aliphatic carbocycles.